The van der Waals surface area contributed by atoms with Gasteiger partial charge in [-0.1, -0.05) is 5.16 Å². The van der Waals surface area contributed by atoms with Crippen molar-refractivity contribution in [3.05, 3.63) is 18.0 Å². The summed E-state index contributed by atoms with van der Waals surface area (Å²) in [6.45, 7) is -0.570. The first-order chi connectivity index (χ1) is 8.89. The average molecular weight is 288 g/mol. The number of aliphatic carboxylic acids is 1. The molecular formula is C10H12N2O6S. The van der Waals surface area contributed by atoms with E-state index in [9.17, 15) is 18.0 Å². The highest BCUT2D eigenvalue weighted by Crippen LogP contribution is 2.19. The van der Waals surface area contributed by atoms with E-state index >= 15 is 0 Å². The third-order valence-corrected chi connectivity index (χ3v) is 4.61. The Morgan fingerprint density at radius 3 is 2.74 bits per heavy atom. The first-order valence-corrected chi connectivity index (χ1v) is 7.35. The molecule has 19 heavy (non-hydrogen) atoms. The van der Waals surface area contributed by atoms with Crippen LogP contribution in [0.1, 0.15) is 17.0 Å². The minimum absolute atomic E-state index is 0.0442. The molecule has 1 saturated heterocycles. The molecule has 9 heteroatoms. The van der Waals surface area contributed by atoms with E-state index in [4.69, 9.17) is 5.11 Å². The number of sulfone groups is 1. The lowest BCUT2D eigenvalue weighted by Crippen LogP contribution is -2.44. The van der Waals surface area contributed by atoms with Crippen LogP contribution < -0.4 is 0 Å². The highest BCUT2D eigenvalue weighted by Gasteiger charge is 2.36. The van der Waals surface area contributed by atoms with Crippen LogP contribution in [0.15, 0.2) is 16.8 Å². The van der Waals surface area contributed by atoms with Crippen LogP contribution in [0.5, 0.6) is 0 Å². The predicted molar refractivity (Wildman–Crippen MR) is 62.2 cm³/mol. The number of nitrogens with zero attached hydrogens (tertiary/aromatic N) is 2. The Labute approximate surface area is 108 Å². The van der Waals surface area contributed by atoms with E-state index in [1.807, 2.05) is 0 Å². The van der Waals surface area contributed by atoms with Gasteiger partial charge >= 0.3 is 5.97 Å². The van der Waals surface area contributed by atoms with E-state index in [1.165, 1.54) is 12.3 Å². The van der Waals surface area contributed by atoms with Crippen molar-refractivity contribution in [2.45, 2.75) is 12.5 Å². The first-order valence-electron chi connectivity index (χ1n) is 5.53. The fourth-order valence-corrected chi connectivity index (χ4v) is 3.73. The molecule has 0 bridgehead atoms. The van der Waals surface area contributed by atoms with Crippen LogP contribution in [-0.4, -0.2) is 59.5 Å². The van der Waals surface area contributed by atoms with Crippen molar-refractivity contribution < 1.29 is 27.6 Å². The lowest BCUT2D eigenvalue weighted by Gasteiger charge is -2.25. The molecule has 8 nitrogen and oxygen atoms in total. The SMILES string of the molecule is O=C(O)CN(C(=O)c1ccno1)C1CCS(=O)(=O)C1. The Hall–Kier alpha value is -1.90. The van der Waals surface area contributed by atoms with E-state index in [1.54, 1.807) is 0 Å². The molecule has 1 aromatic rings. The van der Waals surface area contributed by atoms with Crippen molar-refractivity contribution in [3.63, 3.8) is 0 Å². The van der Waals surface area contributed by atoms with Gasteiger partial charge in [-0.2, -0.15) is 0 Å². The third-order valence-electron chi connectivity index (χ3n) is 2.86. The topological polar surface area (TPSA) is 118 Å². The van der Waals surface area contributed by atoms with E-state index in [-0.39, 0.29) is 23.7 Å². The summed E-state index contributed by atoms with van der Waals surface area (Å²) in [7, 11) is -3.21. The molecule has 2 heterocycles. The predicted octanol–water partition coefficient (Wildman–Crippen LogP) is -0.611. The summed E-state index contributed by atoms with van der Waals surface area (Å²) >= 11 is 0. The molecule has 0 aromatic carbocycles. The standard InChI is InChI=1S/C10H12N2O6S/c13-9(14)5-12(7-2-4-19(16,17)6-7)10(15)8-1-3-11-18-8/h1,3,7H,2,4-6H2,(H,13,14). The molecule has 104 valence electrons. The molecule has 1 aromatic heterocycles. The van der Waals surface area contributed by atoms with Crippen molar-refractivity contribution >= 4 is 21.7 Å². The number of carbonyl (C=O) groups excluding carboxylic acids is 1. The maximum absolute atomic E-state index is 12.1. The molecule has 2 rings (SSSR count). The molecule has 1 aliphatic heterocycles. The molecule has 1 fully saturated rings. The number of hydrogen-bond acceptors (Lipinski definition) is 6. The molecule has 0 saturated carbocycles. The second-order valence-electron chi connectivity index (χ2n) is 4.26. The summed E-state index contributed by atoms with van der Waals surface area (Å²) in [6.07, 6.45) is 1.49. The first kappa shape index (κ1) is 13.5. The monoisotopic (exact) mass is 288 g/mol. The smallest absolute Gasteiger partial charge is 0.323 e. The van der Waals surface area contributed by atoms with Gasteiger partial charge in [-0.25, -0.2) is 8.42 Å². The third kappa shape index (κ3) is 3.11. The summed E-state index contributed by atoms with van der Waals surface area (Å²) in [5.74, 6) is -2.25. The van der Waals surface area contributed by atoms with Crippen LogP contribution in [0.25, 0.3) is 0 Å². The van der Waals surface area contributed by atoms with Crippen molar-refractivity contribution in [1.29, 1.82) is 0 Å². The maximum atomic E-state index is 12.1. The van der Waals surface area contributed by atoms with E-state index in [0.717, 1.165) is 4.90 Å². The molecule has 1 atom stereocenters. The summed E-state index contributed by atoms with van der Waals surface area (Å²) in [6, 6.07) is 0.666. The molecule has 0 spiro atoms. The van der Waals surface area contributed by atoms with E-state index in [0.29, 0.717) is 0 Å². The lowest BCUT2D eigenvalue weighted by molar-refractivity contribution is -0.138. The number of amides is 1. The number of carboxylic acids is 1. The Morgan fingerprint density at radius 1 is 1.53 bits per heavy atom. The summed E-state index contributed by atoms with van der Waals surface area (Å²) < 4.78 is 27.5. The minimum Gasteiger partial charge on any atom is -0.480 e. The van der Waals surface area contributed by atoms with Gasteiger partial charge in [-0.05, 0) is 6.42 Å². The number of carbonyl (C=O) groups is 2. The van der Waals surface area contributed by atoms with Gasteiger partial charge in [-0.15, -0.1) is 0 Å². The van der Waals surface area contributed by atoms with Crippen molar-refractivity contribution in [2.24, 2.45) is 0 Å². The number of carboxylic acid groups (broad SMARTS) is 1. The fraction of sp³-hybridized carbons (Fsp3) is 0.500. The lowest BCUT2D eigenvalue weighted by atomic mass is 10.2. The minimum atomic E-state index is -3.21. The number of rotatable bonds is 4. The van der Waals surface area contributed by atoms with Crippen molar-refractivity contribution in [2.75, 3.05) is 18.1 Å². The number of aromatic nitrogens is 1. The number of hydrogen-bond donors (Lipinski definition) is 1. The van der Waals surface area contributed by atoms with Gasteiger partial charge in [0, 0.05) is 12.1 Å². The fourth-order valence-electron chi connectivity index (χ4n) is 2.00. The van der Waals surface area contributed by atoms with Gasteiger partial charge < -0.3 is 14.5 Å². The van der Waals surface area contributed by atoms with Gasteiger partial charge in [0.15, 0.2) is 9.84 Å². The summed E-state index contributed by atoms with van der Waals surface area (Å²) in [5.41, 5.74) is 0. The molecule has 1 aliphatic rings. The molecule has 1 unspecified atom stereocenters. The van der Waals surface area contributed by atoms with E-state index in [2.05, 4.69) is 9.68 Å². The maximum Gasteiger partial charge on any atom is 0.323 e. The van der Waals surface area contributed by atoms with Gasteiger partial charge in [0.25, 0.3) is 5.91 Å². The summed E-state index contributed by atoms with van der Waals surface area (Å²) in [5, 5.41) is 12.2. The van der Waals surface area contributed by atoms with Crippen LogP contribution in [0.2, 0.25) is 0 Å². The van der Waals surface area contributed by atoms with E-state index < -0.39 is 34.3 Å². The Morgan fingerprint density at radius 2 is 2.26 bits per heavy atom. The zero-order valence-electron chi connectivity index (χ0n) is 9.85. The van der Waals surface area contributed by atoms with Crippen LogP contribution in [0, 0.1) is 0 Å². The highest BCUT2D eigenvalue weighted by atomic mass is 32.2. The zero-order valence-corrected chi connectivity index (χ0v) is 10.7. The van der Waals surface area contributed by atoms with Gasteiger partial charge in [0.2, 0.25) is 5.76 Å². The molecule has 0 radical (unpaired) electrons. The molecular weight excluding hydrogens is 276 g/mol. The molecule has 0 aliphatic carbocycles. The second kappa shape index (κ2) is 5.00. The normalized spacial score (nSPS) is 21.2. The second-order valence-corrected chi connectivity index (χ2v) is 6.49. The van der Waals surface area contributed by atoms with Crippen molar-refractivity contribution in [3.8, 4) is 0 Å². The van der Waals surface area contributed by atoms with Gasteiger partial charge in [-0.3, -0.25) is 9.59 Å². The molecule has 1 amide bonds. The Balaban J connectivity index is 2.21. The average Bonchev–Trinajstić information content (AvgIpc) is 2.94. The quantitative estimate of drug-likeness (QED) is 0.785. The van der Waals surface area contributed by atoms with Crippen LogP contribution in [0.4, 0.5) is 0 Å². The summed E-state index contributed by atoms with van der Waals surface area (Å²) in [4.78, 5) is 23.9. The molecule has 1 N–H and O–H groups in total. The van der Waals surface area contributed by atoms with Gasteiger partial charge in [0.05, 0.1) is 17.7 Å². The Bertz CT molecular complexity index is 579. The van der Waals surface area contributed by atoms with Crippen LogP contribution >= 0.6 is 0 Å². The largest absolute Gasteiger partial charge is 0.480 e. The van der Waals surface area contributed by atoms with Gasteiger partial charge in [0.1, 0.15) is 6.54 Å². The Kier molecular flexibility index (Phi) is 3.56. The zero-order chi connectivity index (χ0) is 14.0. The van der Waals surface area contributed by atoms with Crippen LogP contribution in [-0.2, 0) is 14.6 Å². The van der Waals surface area contributed by atoms with Crippen molar-refractivity contribution in [1.82, 2.24) is 10.1 Å². The van der Waals surface area contributed by atoms with Crippen LogP contribution in [0.3, 0.4) is 0 Å². The highest BCUT2D eigenvalue weighted by molar-refractivity contribution is 7.91.